The van der Waals surface area contributed by atoms with Crippen LogP contribution < -0.4 is 0 Å². The summed E-state index contributed by atoms with van der Waals surface area (Å²) >= 11 is 0. The van der Waals surface area contributed by atoms with Crippen LogP contribution in [0, 0.1) is 5.92 Å². The highest BCUT2D eigenvalue weighted by Crippen LogP contribution is 2.21. The van der Waals surface area contributed by atoms with Crippen molar-refractivity contribution in [2.45, 2.75) is 13.3 Å². The van der Waals surface area contributed by atoms with Gasteiger partial charge in [-0.3, -0.25) is 0 Å². The van der Waals surface area contributed by atoms with Crippen LogP contribution in [0.1, 0.15) is 19.0 Å². The third-order valence-electron chi connectivity index (χ3n) is 2.19. The number of hydrogen-bond donors (Lipinski definition) is 0. The Bertz CT molecular complexity index is 338. The molecule has 1 unspecified atom stereocenters. The average Bonchev–Trinajstić information content (AvgIpc) is 2.20. The highest BCUT2D eigenvalue weighted by molar-refractivity contribution is 5.72. The summed E-state index contributed by atoms with van der Waals surface area (Å²) in [6, 6.07) is 1.94. The van der Waals surface area contributed by atoms with Crippen molar-refractivity contribution in [2.24, 2.45) is 5.92 Å². The van der Waals surface area contributed by atoms with Crippen molar-refractivity contribution >= 4 is 5.57 Å². The van der Waals surface area contributed by atoms with E-state index in [1.54, 1.807) is 12.5 Å². The number of nitrogens with zero attached hydrogens (tertiary/aromatic N) is 2. The quantitative estimate of drug-likeness (QED) is 0.650. The van der Waals surface area contributed by atoms with Gasteiger partial charge in [0.2, 0.25) is 0 Å². The standard InChI is InChI=1S/C11H12N2/c1-9-2-4-10(5-3-9)11-6-7-12-8-13-11/h2,4-9H,3H2,1H3. The second-order valence-corrected chi connectivity index (χ2v) is 3.33. The van der Waals surface area contributed by atoms with Crippen LogP contribution in [0.5, 0.6) is 0 Å². The first kappa shape index (κ1) is 8.17. The van der Waals surface area contributed by atoms with Crippen molar-refractivity contribution < 1.29 is 0 Å². The minimum Gasteiger partial charge on any atom is -0.245 e. The molecule has 0 saturated carbocycles. The van der Waals surface area contributed by atoms with Crippen molar-refractivity contribution in [3.8, 4) is 0 Å². The fraction of sp³-hybridized carbons (Fsp3) is 0.273. The lowest BCUT2D eigenvalue weighted by Crippen LogP contribution is -1.95. The topological polar surface area (TPSA) is 25.8 Å². The monoisotopic (exact) mass is 172 g/mol. The van der Waals surface area contributed by atoms with Crippen molar-refractivity contribution in [1.29, 1.82) is 0 Å². The maximum absolute atomic E-state index is 4.20. The Morgan fingerprint density at radius 3 is 3.00 bits per heavy atom. The molecule has 1 aromatic rings. The first-order valence-corrected chi connectivity index (χ1v) is 4.51. The lowest BCUT2D eigenvalue weighted by atomic mass is 9.97. The first-order chi connectivity index (χ1) is 6.36. The van der Waals surface area contributed by atoms with Gasteiger partial charge in [0.05, 0.1) is 5.69 Å². The summed E-state index contributed by atoms with van der Waals surface area (Å²) in [5.41, 5.74) is 2.22. The van der Waals surface area contributed by atoms with Gasteiger partial charge < -0.3 is 0 Å². The number of allylic oxidation sites excluding steroid dienone is 4. The SMILES string of the molecule is CC1C=CC(c2ccncn2)=CC1. The number of rotatable bonds is 1. The maximum atomic E-state index is 4.20. The van der Waals surface area contributed by atoms with E-state index in [4.69, 9.17) is 0 Å². The number of aromatic nitrogens is 2. The molecule has 66 valence electrons. The van der Waals surface area contributed by atoms with Crippen LogP contribution >= 0.6 is 0 Å². The zero-order valence-corrected chi connectivity index (χ0v) is 7.64. The van der Waals surface area contributed by atoms with E-state index in [9.17, 15) is 0 Å². The summed E-state index contributed by atoms with van der Waals surface area (Å²) in [4.78, 5) is 8.09. The third kappa shape index (κ3) is 1.83. The largest absolute Gasteiger partial charge is 0.245 e. The van der Waals surface area contributed by atoms with E-state index in [2.05, 4.69) is 35.1 Å². The van der Waals surface area contributed by atoms with E-state index in [1.807, 2.05) is 6.07 Å². The molecule has 2 heteroatoms. The highest BCUT2D eigenvalue weighted by Gasteiger charge is 2.05. The second-order valence-electron chi connectivity index (χ2n) is 3.33. The van der Waals surface area contributed by atoms with Gasteiger partial charge in [-0.1, -0.05) is 25.2 Å². The summed E-state index contributed by atoms with van der Waals surface area (Å²) in [6.07, 6.45) is 11.0. The smallest absolute Gasteiger partial charge is 0.116 e. The molecule has 13 heavy (non-hydrogen) atoms. The van der Waals surface area contributed by atoms with E-state index in [-0.39, 0.29) is 0 Å². The minimum absolute atomic E-state index is 0.658. The third-order valence-corrected chi connectivity index (χ3v) is 2.19. The molecule has 1 atom stereocenters. The van der Waals surface area contributed by atoms with Gasteiger partial charge in [-0.15, -0.1) is 0 Å². The van der Waals surface area contributed by atoms with Crippen LogP contribution in [-0.4, -0.2) is 9.97 Å². The Kier molecular flexibility index (Phi) is 2.21. The van der Waals surface area contributed by atoms with Crippen molar-refractivity contribution in [3.63, 3.8) is 0 Å². The van der Waals surface area contributed by atoms with Crippen molar-refractivity contribution in [2.75, 3.05) is 0 Å². The van der Waals surface area contributed by atoms with Gasteiger partial charge >= 0.3 is 0 Å². The van der Waals surface area contributed by atoms with E-state index in [1.165, 1.54) is 5.57 Å². The fourth-order valence-electron chi connectivity index (χ4n) is 1.38. The van der Waals surface area contributed by atoms with Crippen LogP contribution in [0.15, 0.2) is 36.8 Å². The van der Waals surface area contributed by atoms with Crippen LogP contribution in [0.25, 0.3) is 5.57 Å². The predicted octanol–water partition coefficient (Wildman–Crippen LogP) is 2.46. The molecule has 2 nitrogen and oxygen atoms in total. The molecule has 1 heterocycles. The van der Waals surface area contributed by atoms with Gasteiger partial charge in [0, 0.05) is 6.20 Å². The molecule has 2 rings (SSSR count). The molecule has 0 fully saturated rings. The van der Waals surface area contributed by atoms with Gasteiger partial charge in [0.15, 0.2) is 0 Å². The van der Waals surface area contributed by atoms with Gasteiger partial charge in [-0.05, 0) is 24.0 Å². The van der Waals surface area contributed by atoms with Crippen LogP contribution in [0.4, 0.5) is 0 Å². The Hall–Kier alpha value is -1.44. The lowest BCUT2D eigenvalue weighted by Gasteiger charge is -2.10. The lowest BCUT2D eigenvalue weighted by molar-refractivity contribution is 0.738. The highest BCUT2D eigenvalue weighted by atomic mass is 14.8. The molecule has 0 radical (unpaired) electrons. The molecule has 0 amide bonds. The molecule has 0 bridgehead atoms. The summed E-state index contributed by atoms with van der Waals surface area (Å²) < 4.78 is 0. The Morgan fingerprint density at radius 1 is 1.46 bits per heavy atom. The summed E-state index contributed by atoms with van der Waals surface area (Å²) in [7, 11) is 0. The van der Waals surface area contributed by atoms with E-state index >= 15 is 0 Å². The van der Waals surface area contributed by atoms with Crippen LogP contribution in [0.3, 0.4) is 0 Å². The maximum Gasteiger partial charge on any atom is 0.116 e. The summed E-state index contributed by atoms with van der Waals surface area (Å²) in [6.45, 7) is 2.21. The number of hydrogen-bond acceptors (Lipinski definition) is 2. The Labute approximate surface area is 78.0 Å². The van der Waals surface area contributed by atoms with Crippen LogP contribution in [-0.2, 0) is 0 Å². The van der Waals surface area contributed by atoms with Gasteiger partial charge in [-0.25, -0.2) is 9.97 Å². The predicted molar refractivity (Wildman–Crippen MR) is 52.9 cm³/mol. The van der Waals surface area contributed by atoms with E-state index in [0.29, 0.717) is 5.92 Å². The molecular formula is C11H12N2. The van der Waals surface area contributed by atoms with E-state index in [0.717, 1.165) is 12.1 Å². The molecule has 0 spiro atoms. The summed E-state index contributed by atoms with van der Waals surface area (Å²) in [5.74, 6) is 0.658. The fourth-order valence-corrected chi connectivity index (χ4v) is 1.38. The second kappa shape index (κ2) is 3.52. The molecular weight excluding hydrogens is 160 g/mol. The van der Waals surface area contributed by atoms with Gasteiger partial charge in [0.1, 0.15) is 6.33 Å². The molecule has 0 saturated heterocycles. The Morgan fingerprint density at radius 2 is 2.38 bits per heavy atom. The zero-order valence-electron chi connectivity index (χ0n) is 7.64. The molecule has 0 aromatic carbocycles. The Balaban J connectivity index is 2.25. The molecule has 0 aliphatic heterocycles. The van der Waals surface area contributed by atoms with Crippen LogP contribution in [0.2, 0.25) is 0 Å². The van der Waals surface area contributed by atoms with Gasteiger partial charge in [0.25, 0.3) is 0 Å². The van der Waals surface area contributed by atoms with Crippen molar-refractivity contribution in [1.82, 2.24) is 9.97 Å². The molecule has 1 aliphatic rings. The molecule has 0 N–H and O–H groups in total. The van der Waals surface area contributed by atoms with Gasteiger partial charge in [-0.2, -0.15) is 0 Å². The molecule has 1 aliphatic carbocycles. The zero-order chi connectivity index (χ0) is 9.10. The molecule has 1 aromatic heterocycles. The average molecular weight is 172 g/mol. The van der Waals surface area contributed by atoms with Crippen molar-refractivity contribution in [3.05, 3.63) is 42.5 Å². The summed E-state index contributed by atoms with van der Waals surface area (Å²) in [5, 5.41) is 0. The first-order valence-electron chi connectivity index (χ1n) is 4.51. The normalized spacial score (nSPS) is 21.3. The minimum atomic E-state index is 0.658. The van der Waals surface area contributed by atoms with E-state index < -0.39 is 0 Å².